The van der Waals surface area contributed by atoms with Crippen molar-refractivity contribution in [2.24, 2.45) is 0 Å². The van der Waals surface area contributed by atoms with Crippen molar-refractivity contribution in [2.45, 2.75) is 18.9 Å². The molecule has 1 amide bonds. The third-order valence-electron chi connectivity index (χ3n) is 4.25. The molecular formula is C19H21Cl2FN2O2. The standard InChI is InChI=1S/C19H20ClFN2O2.ClH/c1-23-10-8-14(9-11-23)25-15-5-2-4-13(12-15)22-19(24)18-16(20)6-3-7-17(18)21;/h2-7,12,14H,8-11H2,1H3,(H,22,24);1H. The van der Waals surface area contributed by atoms with Crippen LogP contribution in [-0.2, 0) is 0 Å². The van der Waals surface area contributed by atoms with Crippen molar-refractivity contribution in [3.05, 3.63) is 58.9 Å². The number of benzene rings is 2. The molecule has 0 aliphatic carbocycles. The molecule has 2 aromatic carbocycles. The van der Waals surface area contributed by atoms with E-state index in [1.54, 1.807) is 18.2 Å². The zero-order chi connectivity index (χ0) is 17.8. The zero-order valence-corrected chi connectivity index (χ0v) is 15.9. The molecule has 2 aromatic rings. The number of amides is 1. The van der Waals surface area contributed by atoms with Gasteiger partial charge in [0.15, 0.2) is 0 Å². The fraction of sp³-hybridized carbons (Fsp3) is 0.316. The molecule has 0 radical (unpaired) electrons. The summed E-state index contributed by atoms with van der Waals surface area (Å²) in [4.78, 5) is 14.6. The Morgan fingerprint density at radius 3 is 2.62 bits per heavy atom. The molecule has 7 heteroatoms. The van der Waals surface area contributed by atoms with Crippen LogP contribution in [0, 0.1) is 5.82 Å². The average molecular weight is 399 g/mol. The minimum Gasteiger partial charge on any atom is -0.490 e. The van der Waals surface area contributed by atoms with Crippen molar-refractivity contribution < 1.29 is 13.9 Å². The van der Waals surface area contributed by atoms with Crippen LogP contribution in [0.5, 0.6) is 5.75 Å². The molecule has 0 unspecified atom stereocenters. The van der Waals surface area contributed by atoms with Crippen molar-refractivity contribution in [3.63, 3.8) is 0 Å². The Morgan fingerprint density at radius 1 is 1.23 bits per heavy atom. The minimum atomic E-state index is -0.649. The summed E-state index contributed by atoms with van der Waals surface area (Å²) in [7, 11) is 2.10. The number of piperidine rings is 1. The predicted octanol–water partition coefficient (Wildman–Crippen LogP) is 4.63. The Kier molecular flexibility index (Phi) is 7.26. The minimum absolute atomic E-state index is 0. The fourth-order valence-corrected chi connectivity index (χ4v) is 3.10. The number of nitrogens with zero attached hydrogens (tertiary/aromatic N) is 1. The molecule has 1 fully saturated rings. The van der Waals surface area contributed by atoms with Crippen LogP contribution in [0.2, 0.25) is 5.02 Å². The molecule has 0 saturated carbocycles. The highest BCUT2D eigenvalue weighted by Crippen LogP contribution is 2.24. The molecule has 26 heavy (non-hydrogen) atoms. The summed E-state index contributed by atoms with van der Waals surface area (Å²) in [5.74, 6) is -0.546. The van der Waals surface area contributed by atoms with Crippen molar-refractivity contribution in [2.75, 3.05) is 25.5 Å². The van der Waals surface area contributed by atoms with E-state index in [2.05, 4.69) is 17.3 Å². The van der Waals surface area contributed by atoms with Crippen molar-refractivity contribution >= 4 is 35.6 Å². The van der Waals surface area contributed by atoms with Crippen LogP contribution in [0.25, 0.3) is 0 Å². The Labute approximate surface area is 163 Å². The number of ether oxygens (including phenoxy) is 1. The van der Waals surface area contributed by atoms with Crippen LogP contribution in [0.1, 0.15) is 23.2 Å². The highest BCUT2D eigenvalue weighted by Gasteiger charge is 2.19. The Balaban J connectivity index is 0.00000243. The number of carbonyl (C=O) groups is 1. The van der Waals surface area contributed by atoms with Gasteiger partial charge in [-0.15, -0.1) is 12.4 Å². The van der Waals surface area contributed by atoms with Crippen LogP contribution in [-0.4, -0.2) is 37.0 Å². The van der Waals surface area contributed by atoms with Gasteiger partial charge < -0.3 is 15.0 Å². The molecule has 140 valence electrons. The van der Waals surface area contributed by atoms with E-state index < -0.39 is 11.7 Å². The summed E-state index contributed by atoms with van der Waals surface area (Å²) in [6.07, 6.45) is 2.11. The van der Waals surface area contributed by atoms with E-state index in [-0.39, 0.29) is 29.1 Å². The number of rotatable bonds is 4. The van der Waals surface area contributed by atoms with E-state index in [9.17, 15) is 9.18 Å². The lowest BCUT2D eigenvalue weighted by Crippen LogP contribution is -2.35. The van der Waals surface area contributed by atoms with Gasteiger partial charge in [0.1, 0.15) is 17.7 Å². The molecule has 1 aliphatic heterocycles. The molecule has 1 saturated heterocycles. The number of carbonyl (C=O) groups excluding carboxylic acids is 1. The van der Waals surface area contributed by atoms with Crippen LogP contribution in [0.15, 0.2) is 42.5 Å². The van der Waals surface area contributed by atoms with Crippen LogP contribution in [0.3, 0.4) is 0 Å². The summed E-state index contributed by atoms with van der Waals surface area (Å²) < 4.78 is 19.9. The molecule has 0 bridgehead atoms. The van der Waals surface area contributed by atoms with Crippen LogP contribution >= 0.6 is 24.0 Å². The normalized spacial score (nSPS) is 15.2. The summed E-state index contributed by atoms with van der Waals surface area (Å²) in [6, 6.07) is 11.3. The largest absolute Gasteiger partial charge is 0.490 e. The van der Waals surface area contributed by atoms with Gasteiger partial charge in [-0.3, -0.25) is 4.79 Å². The van der Waals surface area contributed by atoms with Gasteiger partial charge in [0.05, 0.1) is 10.6 Å². The van der Waals surface area contributed by atoms with E-state index in [1.165, 1.54) is 18.2 Å². The van der Waals surface area contributed by atoms with E-state index in [4.69, 9.17) is 16.3 Å². The van der Waals surface area contributed by atoms with Gasteiger partial charge in [0.2, 0.25) is 0 Å². The van der Waals surface area contributed by atoms with Crippen molar-refractivity contribution in [1.29, 1.82) is 0 Å². The lowest BCUT2D eigenvalue weighted by molar-refractivity contribution is 0.102. The molecule has 1 heterocycles. The predicted molar refractivity (Wildman–Crippen MR) is 104 cm³/mol. The monoisotopic (exact) mass is 398 g/mol. The molecule has 0 atom stereocenters. The molecule has 1 N–H and O–H groups in total. The highest BCUT2D eigenvalue weighted by atomic mass is 35.5. The number of hydrogen-bond acceptors (Lipinski definition) is 3. The third kappa shape index (κ3) is 5.10. The summed E-state index contributed by atoms with van der Waals surface area (Å²) in [6.45, 7) is 2.01. The van der Waals surface area contributed by atoms with Gasteiger partial charge in [0.25, 0.3) is 5.91 Å². The Bertz CT molecular complexity index is 745. The van der Waals surface area contributed by atoms with Gasteiger partial charge in [-0.1, -0.05) is 23.7 Å². The maximum Gasteiger partial charge on any atom is 0.260 e. The number of likely N-dealkylation sites (tertiary alicyclic amines) is 1. The summed E-state index contributed by atoms with van der Waals surface area (Å²) in [5, 5.41) is 2.75. The zero-order valence-electron chi connectivity index (χ0n) is 14.4. The van der Waals surface area contributed by atoms with Gasteiger partial charge >= 0.3 is 0 Å². The first-order valence-corrected chi connectivity index (χ1v) is 8.61. The smallest absolute Gasteiger partial charge is 0.260 e. The first-order valence-electron chi connectivity index (χ1n) is 8.23. The van der Waals surface area contributed by atoms with Gasteiger partial charge in [-0.2, -0.15) is 0 Å². The first-order chi connectivity index (χ1) is 12.0. The molecule has 3 rings (SSSR count). The SMILES string of the molecule is CN1CCC(Oc2cccc(NC(=O)c3c(F)cccc3Cl)c2)CC1.Cl. The van der Waals surface area contributed by atoms with Crippen LogP contribution < -0.4 is 10.1 Å². The molecule has 0 aromatic heterocycles. The number of nitrogens with one attached hydrogen (secondary N) is 1. The van der Waals surface area contributed by atoms with Crippen molar-refractivity contribution in [3.8, 4) is 5.75 Å². The molecule has 4 nitrogen and oxygen atoms in total. The van der Waals surface area contributed by atoms with E-state index in [0.29, 0.717) is 11.4 Å². The topological polar surface area (TPSA) is 41.6 Å². The van der Waals surface area contributed by atoms with Crippen LogP contribution in [0.4, 0.5) is 10.1 Å². The maximum absolute atomic E-state index is 13.8. The number of hydrogen-bond donors (Lipinski definition) is 1. The summed E-state index contributed by atoms with van der Waals surface area (Å²) in [5.41, 5.74) is 0.376. The highest BCUT2D eigenvalue weighted by molar-refractivity contribution is 6.34. The molecular weight excluding hydrogens is 378 g/mol. The Hall–Kier alpha value is -1.82. The Morgan fingerprint density at radius 2 is 1.92 bits per heavy atom. The van der Waals surface area contributed by atoms with Gasteiger partial charge in [0, 0.05) is 24.8 Å². The average Bonchev–Trinajstić information content (AvgIpc) is 2.57. The van der Waals surface area contributed by atoms with Gasteiger partial charge in [-0.25, -0.2) is 4.39 Å². The maximum atomic E-state index is 13.8. The van der Waals surface area contributed by atoms with E-state index in [0.717, 1.165) is 25.9 Å². The number of anilines is 1. The fourth-order valence-electron chi connectivity index (χ4n) is 2.85. The second kappa shape index (κ2) is 9.21. The lowest BCUT2D eigenvalue weighted by Gasteiger charge is -2.29. The first kappa shape index (κ1) is 20.5. The molecule has 1 aliphatic rings. The van der Waals surface area contributed by atoms with E-state index >= 15 is 0 Å². The van der Waals surface area contributed by atoms with Crippen molar-refractivity contribution in [1.82, 2.24) is 4.90 Å². The summed E-state index contributed by atoms with van der Waals surface area (Å²) >= 11 is 5.93. The quantitative estimate of drug-likeness (QED) is 0.816. The third-order valence-corrected chi connectivity index (χ3v) is 4.57. The van der Waals surface area contributed by atoms with Gasteiger partial charge in [-0.05, 0) is 44.2 Å². The number of halogens is 3. The molecule has 0 spiro atoms. The second-order valence-electron chi connectivity index (χ2n) is 6.20. The van der Waals surface area contributed by atoms with E-state index in [1.807, 2.05) is 6.07 Å². The second-order valence-corrected chi connectivity index (χ2v) is 6.61. The lowest BCUT2D eigenvalue weighted by atomic mass is 10.1.